The first-order chi connectivity index (χ1) is 7.36. The minimum atomic E-state index is -0.0647. The highest BCUT2D eigenvalue weighted by atomic mass is 32.2. The number of thioether (sulfide) groups is 1. The lowest BCUT2D eigenvalue weighted by Crippen LogP contribution is -2.44. The zero-order valence-corrected chi connectivity index (χ0v) is 9.85. The standard InChI is InChI=1S/C11H19NO2S/c13-11(10-8-15-6-5-12-10)14-7-9-3-1-2-4-9/h9-10,12H,1-8H2. The third-order valence-electron chi connectivity index (χ3n) is 3.14. The van der Waals surface area contributed by atoms with Gasteiger partial charge in [-0.25, -0.2) is 0 Å². The molecule has 1 atom stereocenters. The number of nitrogens with one attached hydrogen (secondary N) is 1. The molecule has 0 aromatic heterocycles. The van der Waals surface area contributed by atoms with Gasteiger partial charge in [-0.2, -0.15) is 11.8 Å². The number of ether oxygens (including phenoxy) is 1. The van der Waals surface area contributed by atoms with Crippen molar-refractivity contribution in [1.29, 1.82) is 0 Å². The zero-order valence-electron chi connectivity index (χ0n) is 9.04. The van der Waals surface area contributed by atoms with Gasteiger partial charge in [0.05, 0.1) is 6.61 Å². The topological polar surface area (TPSA) is 38.3 Å². The number of carbonyl (C=O) groups excluding carboxylic acids is 1. The lowest BCUT2D eigenvalue weighted by atomic mass is 10.1. The molecular weight excluding hydrogens is 210 g/mol. The fraction of sp³-hybridized carbons (Fsp3) is 0.909. The van der Waals surface area contributed by atoms with E-state index in [0.29, 0.717) is 12.5 Å². The molecule has 1 aliphatic carbocycles. The second-order valence-corrected chi connectivity index (χ2v) is 5.51. The van der Waals surface area contributed by atoms with Gasteiger partial charge in [0, 0.05) is 18.1 Å². The maximum Gasteiger partial charge on any atom is 0.324 e. The van der Waals surface area contributed by atoms with Crippen LogP contribution >= 0.6 is 11.8 Å². The molecule has 1 N–H and O–H groups in total. The number of hydrogen-bond acceptors (Lipinski definition) is 4. The van der Waals surface area contributed by atoms with Crippen molar-refractivity contribution in [3.8, 4) is 0 Å². The second kappa shape index (κ2) is 5.75. The Morgan fingerprint density at radius 2 is 2.20 bits per heavy atom. The second-order valence-electron chi connectivity index (χ2n) is 4.36. The highest BCUT2D eigenvalue weighted by Crippen LogP contribution is 2.24. The molecule has 4 heteroatoms. The van der Waals surface area contributed by atoms with Crippen molar-refractivity contribution in [2.45, 2.75) is 31.7 Å². The Morgan fingerprint density at radius 1 is 1.40 bits per heavy atom. The minimum absolute atomic E-state index is 0.0471. The smallest absolute Gasteiger partial charge is 0.324 e. The van der Waals surface area contributed by atoms with Gasteiger partial charge in [0.25, 0.3) is 0 Å². The number of carbonyl (C=O) groups is 1. The molecule has 2 rings (SSSR count). The van der Waals surface area contributed by atoms with Crippen molar-refractivity contribution in [2.24, 2.45) is 5.92 Å². The highest BCUT2D eigenvalue weighted by molar-refractivity contribution is 7.99. The lowest BCUT2D eigenvalue weighted by molar-refractivity contribution is -0.146. The quantitative estimate of drug-likeness (QED) is 0.743. The van der Waals surface area contributed by atoms with E-state index in [2.05, 4.69) is 5.32 Å². The van der Waals surface area contributed by atoms with E-state index in [-0.39, 0.29) is 12.0 Å². The Morgan fingerprint density at radius 3 is 2.87 bits per heavy atom. The van der Waals surface area contributed by atoms with Gasteiger partial charge in [0.2, 0.25) is 0 Å². The van der Waals surface area contributed by atoms with Gasteiger partial charge in [-0.15, -0.1) is 0 Å². The van der Waals surface area contributed by atoms with Crippen molar-refractivity contribution < 1.29 is 9.53 Å². The summed E-state index contributed by atoms with van der Waals surface area (Å²) < 4.78 is 5.35. The average molecular weight is 229 g/mol. The van der Waals surface area contributed by atoms with Gasteiger partial charge in [-0.1, -0.05) is 12.8 Å². The van der Waals surface area contributed by atoms with Crippen LogP contribution < -0.4 is 5.32 Å². The predicted molar refractivity (Wildman–Crippen MR) is 62.0 cm³/mol. The molecule has 0 radical (unpaired) electrons. The van der Waals surface area contributed by atoms with Crippen LogP contribution in [0.1, 0.15) is 25.7 Å². The fourth-order valence-electron chi connectivity index (χ4n) is 2.19. The first-order valence-electron chi connectivity index (χ1n) is 5.84. The van der Waals surface area contributed by atoms with E-state index in [1.807, 2.05) is 11.8 Å². The van der Waals surface area contributed by atoms with Gasteiger partial charge in [-0.3, -0.25) is 4.79 Å². The first kappa shape index (κ1) is 11.3. The maximum atomic E-state index is 11.7. The zero-order chi connectivity index (χ0) is 10.5. The number of hydrogen-bond donors (Lipinski definition) is 1. The van der Waals surface area contributed by atoms with Crippen LogP contribution in [0.2, 0.25) is 0 Å². The average Bonchev–Trinajstić information content (AvgIpc) is 2.80. The van der Waals surface area contributed by atoms with Crippen molar-refractivity contribution in [1.82, 2.24) is 5.32 Å². The molecule has 0 aromatic rings. The summed E-state index contributed by atoms with van der Waals surface area (Å²) in [6, 6.07) is -0.0647. The molecule has 3 nitrogen and oxygen atoms in total. The minimum Gasteiger partial charge on any atom is -0.464 e. The molecule has 0 bridgehead atoms. The molecule has 1 aliphatic heterocycles. The summed E-state index contributed by atoms with van der Waals surface area (Å²) in [4.78, 5) is 11.7. The monoisotopic (exact) mass is 229 g/mol. The summed E-state index contributed by atoms with van der Waals surface area (Å²) in [5.74, 6) is 2.55. The molecule has 1 heterocycles. The lowest BCUT2D eigenvalue weighted by Gasteiger charge is -2.22. The van der Waals surface area contributed by atoms with Gasteiger partial charge >= 0.3 is 5.97 Å². The van der Waals surface area contributed by atoms with Gasteiger partial charge in [0.15, 0.2) is 0 Å². The summed E-state index contributed by atoms with van der Waals surface area (Å²) >= 11 is 1.83. The van der Waals surface area contributed by atoms with Crippen LogP contribution in [0.4, 0.5) is 0 Å². The Kier molecular flexibility index (Phi) is 4.32. The first-order valence-corrected chi connectivity index (χ1v) is 6.99. The van der Waals surface area contributed by atoms with Gasteiger partial charge in [-0.05, 0) is 18.8 Å². The Balaban J connectivity index is 1.66. The molecule has 0 spiro atoms. The van der Waals surface area contributed by atoms with Crippen molar-refractivity contribution in [2.75, 3.05) is 24.7 Å². The van der Waals surface area contributed by atoms with Crippen LogP contribution in [0, 0.1) is 5.92 Å². The fourth-order valence-corrected chi connectivity index (χ4v) is 3.11. The summed E-state index contributed by atoms with van der Waals surface area (Å²) in [5, 5.41) is 3.20. The molecule has 15 heavy (non-hydrogen) atoms. The highest BCUT2D eigenvalue weighted by Gasteiger charge is 2.24. The van der Waals surface area contributed by atoms with Gasteiger partial charge < -0.3 is 10.1 Å². The van der Waals surface area contributed by atoms with E-state index < -0.39 is 0 Å². The molecule has 0 amide bonds. The largest absolute Gasteiger partial charge is 0.464 e. The summed E-state index contributed by atoms with van der Waals surface area (Å²) in [5.41, 5.74) is 0. The van der Waals surface area contributed by atoms with E-state index in [4.69, 9.17) is 4.74 Å². The Bertz CT molecular complexity index is 211. The van der Waals surface area contributed by atoms with E-state index in [1.54, 1.807) is 0 Å². The molecule has 2 aliphatic rings. The third kappa shape index (κ3) is 3.38. The molecule has 1 saturated heterocycles. The Hall–Kier alpha value is -0.220. The molecule has 1 unspecified atom stereocenters. The molecule has 1 saturated carbocycles. The maximum absolute atomic E-state index is 11.7. The van der Waals surface area contributed by atoms with Gasteiger partial charge in [0.1, 0.15) is 6.04 Å². The molecule has 2 fully saturated rings. The Labute approximate surface area is 95.3 Å². The van der Waals surface area contributed by atoms with Crippen LogP contribution in [-0.4, -0.2) is 36.7 Å². The van der Waals surface area contributed by atoms with Crippen molar-refractivity contribution >= 4 is 17.7 Å². The predicted octanol–water partition coefficient (Wildman–Crippen LogP) is 1.42. The summed E-state index contributed by atoms with van der Waals surface area (Å²) in [6.07, 6.45) is 5.08. The van der Waals surface area contributed by atoms with Crippen molar-refractivity contribution in [3.05, 3.63) is 0 Å². The van der Waals surface area contributed by atoms with Crippen LogP contribution in [0.25, 0.3) is 0 Å². The van der Waals surface area contributed by atoms with Crippen LogP contribution in [0.15, 0.2) is 0 Å². The SMILES string of the molecule is O=C(OCC1CCCC1)C1CSCCN1. The van der Waals surface area contributed by atoms with E-state index in [9.17, 15) is 4.79 Å². The van der Waals surface area contributed by atoms with Crippen LogP contribution in [0.3, 0.4) is 0 Å². The van der Waals surface area contributed by atoms with E-state index >= 15 is 0 Å². The molecule has 0 aromatic carbocycles. The van der Waals surface area contributed by atoms with E-state index in [0.717, 1.165) is 18.1 Å². The molecule has 86 valence electrons. The number of esters is 1. The van der Waals surface area contributed by atoms with Crippen molar-refractivity contribution in [3.63, 3.8) is 0 Å². The van der Waals surface area contributed by atoms with E-state index in [1.165, 1.54) is 25.7 Å². The van der Waals surface area contributed by atoms with Crippen LogP contribution in [0.5, 0.6) is 0 Å². The summed E-state index contributed by atoms with van der Waals surface area (Å²) in [7, 11) is 0. The number of rotatable bonds is 3. The summed E-state index contributed by atoms with van der Waals surface area (Å²) in [6.45, 7) is 1.57. The van der Waals surface area contributed by atoms with Crippen LogP contribution in [-0.2, 0) is 9.53 Å². The third-order valence-corrected chi connectivity index (χ3v) is 4.20. The normalized spacial score (nSPS) is 27.9. The molecular formula is C11H19NO2S.